The van der Waals surface area contributed by atoms with Crippen LogP contribution in [0.3, 0.4) is 0 Å². The van der Waals surface area contributed by atoms with Gasteiger partial charge in [0.15, 0.2) is 5.69 Å². The van der Waals surface area contributed by atoms with Gasteiger partial charge >= 0.3 is 0 Å². The number of ether oxygens (including phenoxy) is 1. The Morgan fingerprint density at radius 1 is 1.24 bits per heavy atom. The summed E-state index contributed by atoms with van der Waals surface area (Å²) in [5, 5.41) is 6.96. The molecule has 0 spiro atoms. The Morgan fingerprint density at radius 3 is 2.68 bits per heavy atom. The fourth-order valence-corrected chi connectivity index (χ4v) is 2.42. The van der Waals surface area contributed by atoms with E-state index in [2.05, 4.69) is 15.4 Å². The van der Waals surface area contributed by atoms with Gasteiger partial charge in [-0.2, -0.15) is 5.10 Å². The number of carbonyl (C=O) groups is 1. The average Bonchev–Trinajstić information content (AvgIpc) is 3.00. The fraction of sp³-hybridized carbons (Fsp3) is 0.167. The number of hydrogen-bond donors (Lipinski definition) is 1. The third kappa shape index (κ3) is 3.50. The van der Waals surface area contributed by atoms with Gasteiger partial charge in [-0.1, -0.05) is 0 Å². The Bertz CT molecular complexity index is 919. The van der Waals surface area contributed by atoms with Crippen LogP contribution in [0, 0.1) is 12.7 Å². The van der Waals surface area contributed by atoms with E-state index in [0.29, 0.717) is 17.1 Å². The highest BCUT2D eigenvalue weighted by atomic mass is 19.1. The van der Waals surface area contributed by atoms with Gasteiger partial charge in [-0.25, -0.2) is 9.37 Å². The molecule has 3 rings (SSSR count). The van der Waals surface area contributed by atoms with Gasteiger partial charge in [-0.15, -0.1) is 0 Å². The highest BCUT2D eigenvalue weighted by molar-refractivity contribution is 6.03. The fourth-order valence-electron chi connectivity index (χ4n) is 2.42. The second kappa shape index (κ2) is 6.72. The molecule has 1 N–H and O–H groups in total. The number of aromatic nitrogens is 3. The maximum Gasteiger partial charge on any atom is 0.276 e. The lowest BCUT2D eigenvalue weighted by Crippen LogP contribution is -2.13. The van der Waals surface area contributed by atoms with Crippen LogP contribution >= 0.6 is 0 Å². The minimum absolute atomic E-state index is 0.260. The average molecular weight is 340 g/mol. The van der Waals surface area contributed by atoms with Crippen molar-refractivity contribution < 1.29 is 13.9 Å². The standard InChI is InChI=1S/C18H17FN4O2/c1-11-8-12(4-6-14(11)19)16-9-15(22-23(16)2)18(24)21-13-5-7-17(25-3)20-10-13/h4-10H,1-3H3,(H,21,24). The van der Waals surface area contributed by atoms with E-state index in [1.54, 1.807) is 49.0 Å². The van der Waals surface area contributed by atoms with Gasteiger partial charge < -0.3 is 10.1 Å². The second-order valence-electron chi connectivity index (χ2n) is 5.55. The molecule has 7 heteroatoms. The molecule has 0 aliphatic rings. The number of halogens is 1. The van der Waals surface area contributed by atoms with Gasteiger partial charge in [-0.3, -0.25) is 9.48 Å². The summed E-state index contributed by atoms with van der Waals surface area (Å²) in [6.07, 6.45) is 1.50. The lowest BCUT2D eigenvalue weighted by atomic mass is 10.1. The quantitative estimate of drug-likeness (QED) is 0.792. The monoisotopic (exact) mass is 340 g/mol. The Balaban J connectivity index is 1.83. The number of aryl methyl sites for hydroxylation is 2. The molecule has 0 radical (unpaired) electrons. The Morgan fingerprint density at radius 2 is 2.04 bits per heavy atom. The topological polar surface area (TPSA) is 69.0 Å². The summed E-state index contributed by atoms with van der Waals surface area (Å²) in [6, 6.07) is 9.80. The van der Waals surface area contributed by atoms with Crippen molar-refractivity contribution in [3.05, 3.63) is 59.7 Å². The molecular formula is C18H17FN4O2. The first kappa shape index (κ1) is 16.6. The zero-order valence-corrected chi connectivity index (χ0v) is 14.1. The van der Waals surface area contributed by atoms with Crippen LogP contribution in [-0.4, -0.2) is 27.8 Å². The molecule has 2 heterocycles. The first-order valence-corrected chi connectivity index (χ1v) is 7.60. The van der Waals surface area contributed by atoms with Crippen molar-refractivity contribution in [3.8, 4) is 17.1 Å². The SMILES string of the molecule is COc1ccc(NC(=O)c2cc(-c3ccc(F)c(C)c3)n(C)n2)cn1. The molecule has 25 heavy (non-hydrogen) atoms. The minimum Gasteiger partial charge on any atom is -0.481 e. The van der Waals surface area contributed by atoms with Crippen LogP contribution in [0.1, 0.15) is 16.1 Å². The summed E-state index contributed by atoms with van der Waals surface area (Å²) in [5.74, 6) is -0.159. The third-order valence-electron chi connectivity index (χ3n) is 3.77. The van der Waals surface area contributed by atoms with E-state index in [1.807, 2.05) is 0 Å². The van der Waals surface area contributed by atoms with Crippen molar-refractivity contribution in [2.45, 2.75) is 6.92 Å². The smallest absolute Gasteiger partial charge is 0.276 e. The molecule has 0 saturated heterocycles. The largest absolute Gasteiger partial charge is 0.481 e. The van der Waals surface area contributed by atoms with Crippen molar-refractivity contribution in [2.24, 2.45) is 7.05 Å². The first-order chi connectivity index (χ1) is 12.0. The molecule has 0 atom stereocenters. The zero-order valence-electron chi connectivity index (χ0n) is 14.1. The van der Waals surface area contributed by atoms with E-state index in [1.165, 1.54) is 19.4 Å². The van der Waals surface area contributed by atoms with E-state index in [4.69, 9.17) is 4.74 Å². The normalized spacial score (nSPS) is 10.6. The van der Waals surface area contributed by atoms with Gasteiger partial charge in [0.25, 0.3) is 5.91 Å². The number of anilines is 1. The summed E-state index contributed by atoms with van der Waals surface area (Å²) >= 11 is 0. The number of rotatable bonds is 4. The van der Waals surface area contributed by atoms with E-state index in [9.17, 15) is 9.18 Å². The first-order valence-electron chi connectivity index (χ1n) is 7.60. The van der Waals surface area contributed by atoms with Crippen LogP contribution in [0.2, 0.25) is 0 Å². The van der Waals surface area contributed by atoms with Crippen LogP contribution in [0.5, 0.6) is 5.88 Å². The van der Waals surface area contributed by atoms with Crippen LogP contribution in [-0.2, 0) is 7.05 Å². The van der Waals surface area contributed by atoms with E-state index >= 15 is 0 Å². The van der Waals surface area contributed by atoms with Gasteiger partial charge in [0.2, 0.25) is 5.88 Å². The van der Waals surface area contributed by atoms with Crippen LogP contribution in [0.4, 0.5) is 10.1 Å². The Hall–Kier alpha value is -3.22. The van der Waals surface area contributed by atoms with Crippen LogP contribution in [0.15, 0.2) is 42.6 Å². The number of carbonyl (C=O) groups excluding carboxylic acids is 1. The van der Waals surface area contributed by atoms with Crippen molar-refractivity contribution in [1.82, 2.24) is 14.8 Å². The Labute approximate surface area is 144 Å². The van der Waals surface area contributed by atoms with Crippen molar-refractivity contribution in [1.29, 1.82) is 0 Å². The predicted molar refractivity (Wildman–Crippen MR) is 92.1 cm³/mol. The highest BCUT2D eigenvalue weighted by Crippen LogP contribution is 2.23. The number of benzene rings is 1. The molecule has 0 fully saturated rings. The maximum absolute atomic E-state index is 13.4. The molecule has 3 aromatic rings. The molecule has 2 aromatic heterocycles. The molecule has 128 valence electrons. The summed E-state index contributed by atoms with van der Waals surface area (Å²) in [6.45, 7) is 1.69. The summed E-state index contributed by atoms with van der Waals surface area (Å²) in [4.78, 5) is 16.4. The van der Waals surface area contributed by atoms with Gasteiger partial charge in [-0.05, 0) is 42.8 Å². The van der Waals surface area contributed by atoms with Crippen LogP contribution in [0.25, 0.3) is 11.3 Å². The van der Waals surface area contributed by atoms with Gasteiger partial charge in [0.05, 0.1) is 24.7 Å². The van der Waals surface area contributed by atoms with Gasteiger partial charge in [0.1, 0.15) is 5.82 Å². The number of pyridine rings is 1. The summed E-state index contributed by atoms with van der Waals surface area (Å²) < 4.78 is 20.0. The molecule has 0 aliphatic carbocycles. The van der Waals surface area contributed by atoms with Gasteiger partial charge in [0, 0.05) is 18.7 Å². The number of hydrogen-bond acceptors (Lipinski definition) is 4. The molecule has 0 aliphatic heterocycles. The van der Waals surface area contributed by atoms with Crippen molar-refractivity contribution >= 4 is 11.6 Å². The third-order valence-corrected chi connectivity index (χ3v) is 3.77. The molecule has 0 bridgehead atoms. The predicted octanol–water partition coefficient (Wildman–Crippen LogP) is 3.19. The van der Waals surface area contributed by atoms with E-state index in [0.717, 1.165) is 11.3 Å². The van der Waals surface area contributed by atoms with E-state index < -0.39 is 0 Å². The number of nitrogens with zero attached hydrogens (tertiary/aromatic N) is 3. The lowest BCUT2D eigenvalue weighted by molar-refractivity contribution is 0.102. The van der Waals surface area contributed by atoms with E-state index in [-0.39, 0.29) is 17.4 Å². The number of amides is 1. The molecule has 0 unspecified atom stereocenters. The maximum atomic E-state index is 13.4. The number of methoxy groups -OCH3 is 1. The summed E-state index contributed by atoms with van der Waals surface area (Å²) in [7, 11) is 3.26. The minimum atomic E-state index is -0.354. The zero-order chi connectivity index (χ0) is 18.0. The van der Waals surface area contributed by atoms with Crippen molar-refractivity contribution in [2.75, 3.05) is 12.4 Å². The van der Waals surface area contributed by atoms with Crippen LogP contribution < -0.4 is 10.1 Å². The molecule has 0 saturated carbocycles. The Kier molecular flexibility index (Phi) is 4.47. The lowest BCUT2D eigenvalue weighted by Gasteiger charge is -2.03. The molecule has 6 nitrogen and oxygen atoms in total. The molecule has 1 amide bonds. The summed E-state index contributed by atoms with van der Waals surface area (Å²) in [5.41, 5.74) is 2.85. The molecule has 1 aromatic carbocycles. The second-order valence-corrected chi connectivity index (χ2v) is 5.55. The highest BCUT2D eigenvalue weighted by Gasteiger charge is 2.15. The van der Waals surface area contributed by atoms with Crippen molar-refractivity contribution in [3.63, 3.8) is 0 Å². The number of nitrogens with one attached hydrogen (secondary N) is 1. The molecular weight excluding hydrogens is 323 g/mol.